The fourth-order valence-electron chi connectivity index (χ4n) is 2.22. The number of carbonyl (C=O) groups is 3. The molecule has 2 rings (SSSR count). The Hall–Kier alpha value is -3.38. The van der Waals surface area contributed by atoms with Gasteiger partial charge in [-0.25, -0.2) is 0 Å². The maximum absolute atomic E-state index is 12.1. The van der Waals surface area contributed by atoms with Crippen LogP contribution in [0.3, 0.4) is 0 Å². The highest BCUT2D eigenvalue weighted by Gasteiger charge is 2.20. The predicted octanol–water partition coefficient (Wildman–Crippen LogP) is 2.32. The third-order valence-electron chi connectivity index (χ3n) is 3.67. The second-order valence-electron chi connectivity index (χ2n) is 5.60. The maximum Gasteiger partial charge on any atom is 0.308 e. The molecule has 0 aliphatic carbocycles. The van der Waals surface area contributed by atoms with Gasteiger partial charge in [-0.2, -0.15) is 5.26 Å². The zero-order valence-electron chi connectivity index (χ0n) is 15.4. The largest absolute Gasteiger partial charge is 0.496 e. The monoisotopic (exact) mass is 401 g/mol. The molecule has 0 radical (unpaired) electrons. The van der Waals surface area contributed by atoms with Gasteiger partial charge >= 0.3 is 5.97 Å². The highest BCUT2D eigenvalue weighted by atomic mass is 32.1. The zero-order chi connectivity index (χ0) is 20.5. The number of benzene rings is 1. The molecule has 0 saturated carbocycles. The molecular formula is C19H19N3O5S. The molecule has 8 nitrogen and oxygen atoms in total. The van der Waals surface area contributed by atoms with E-state index in [1.165, 1.54) is 25.4 Å². The van der Waals surface area contributed by atoms with Crippen molar-refractivity contribution < 1.29 is 23.9 Å². The second-order valence-corrected chi connectivity index (χ2v) is 6.52. The number of nitrogens with one attached hydrogen (secondary N) is 2. The molecule has 2 amide bonds. The van der Waals surface area contributed by atoms with Gasteiger partial charge in [-0.3, -0.25) is 14.4 Å². The van der Waals surface area contributed by atoms with Crippen LogP contribution in [0.2, 0.25) is 0 Å². The molecule has 146 valence electrons. The number of nitriles is 1. The fraction of sp³-hybridized carbons (Fsp3) is 0.263. The first-order valence-electron chi connectivity index (χ1n) is 8.35. The topological polar surface area (TPSA) is 118 Å². The molecule has 0 spiro atoms. The van der Waals surface area contributed by atoms with Gasteiger partial charge in [0, 0.05) is 6.54 Å². The van der Waals surface area contributed by atoms with Crippen LogP contribution in [0.4, 0.5) is 5.00 Å². The zero-order valence-corrected chi connectivity index (χ0v) is 16.2. The van der Waals surface area contributed by atoms with E-state index in [0.717, 1.165) is 0 Å². The van der Waals surface area contributed by atoms with Crippen LogP contribution in [0.5, 0.6) is 5.75 Å². The quantitative estimate of drug-likeness (QED) is 0.656. The summed E-state index contributed by atoms with van der Waals surface area (Å²) in [7, 11) is 1.46. The van der Waals surface area contributed by atoms with Gasteiger partial charge < -0.3 is 20.1 Å². The molecule has 2 aromatic rings. The minimum absolute atomic E-state index is 0.0492. The van der Waals surface area contributed by atoms with Crippen molar-refractivity contribution in [3.05, 3.63) is 46.8 Å². The van der Waals surface area contributed by atoms with Crippen molar-refractivity contribution in [2.24, 2.45) is 0 Å². The number of esters is 1. The number of ether oxygens (including phenoxy) is 2. The number of rotatable bonds is 8. The van der Waals surface area contributed by atoms with E-state index in [1.807, 2.05) is 6.07 Å². The third kappa shape index (κ3) is 5.56. The fourth-order valence-corrected chi connectivity index (χ4v) is 2.96. The van der Waals surface area contributed by atoms with Crippen LogP contribution in [0.1, 0.15) is 29.3 Å². The van der Waals surface area contributed by atoms with E-state index in [1.54, 1.807) is 35.7 Å². The number of anilines is 1. The lowest BCUT2D eigenvalue weighted by Crippen LogP contribution is -2.32. The lowest BCUT2D eigenvalue weighted by atomic mass is 10.2. The van der Waals surface area contributed by atoms with E-state index in [0.29, 0.717) is 21.9 Å². The van der Waals surface area contributed by atoms with Crippen LogP contribution in [-0.2, 0) is 14.3 Å². The summed E-state index contributed by atoms with van der Waals surface area (Å²) in [5, 5.41) is 16.2. The molecule has 9 heteroatoms. The Morgan fingerprint density at radius 1 is 1.25 bits per heavy atom. The first-order valence-corrected chi connectivity index (χ1v) is 9.23. The highest BCUT2D eigenvalue weighted by Crippen LogP contribution is 2.22. The number of hydrogen-bond donors (Lipinski definition) is 2. The molecular weight excluding hydrogens is 382 g/mol. The molecule has 0 aliphatic heterocycles. The van der Waals surface area contributed by atoms with Crippen LogP contribution in [-0.4, -0.2) is 37.5 Å². The van der Waals surface area contributed by atoms with Crippen LogP contribution in [0.25, 0.3) is 0 Å². The van der Waals surface area contributed by atoms with Crippen molar-refractivity contribution in [1.29, 1.82) is 5.26 Å². The van der Waals surface area contributed by atoms with Gasteiger partial charge in [0.1, 0.15) is 16.8 Å². The smallest absolute Gasteiger partial charge is 0.308 e. The van der Waals surface area contributed by atoms with Gasteiger partial charge in [-0.15, -0.1) is 11.3 Å². The van der Waals surface area contributed by atoms with Crippen LogP contribution in [0.15, 0.2) is 35.7 Å². The summed E-state index contributed by atoms with van der Waals surface area (Å²) in [4.78, 5) is 36.1. The first kappa shape index (κ1) is 20.9. The number of para-hydroxylation sites is 1. The molecule has 1 atom stereocenters. The molecule has 0 saturated heterocycles. The van der Waals surface area contributed by atoms with Crippen molar-refractivity contribution in [3.8, 4) is 11.8 Å². The lowest BCUT2D eigenvalue weighted by Gasteiger charge is -2.13. The summed E-state index contributed by atoms with van der Waals surface area (Å²) in [5.41, 5.74) is 0.700. The number of methoxy groups -OCH3 is 1. The molecule has 0 bridgehead atoms. The number of hydrogen-bond acceptors (Lipinski definition) is 7. The Morgan fingerprint density at radius 3 is 2.71 bits per heavy atom. The second kappa shape index (κ2) is 10.1. The number of thiophene rings is 1. The Kier molecular flexibility index (Phi) is 7.54. The van der Waals surface area contributed by atoms with Gasteiger partial charge in [-0.1, -0.05) is 12.1 Å². The van der Waals surface area contributed by atoms with Crippen molar-refractivity contribution in [1.82, 2.24) is 5.32 Å². The highest BCUT2D eigenvalue weighted by molar-refractivity contribution is 7.14. The van der Waals surface area contributed by atoms with Gasteiger partial charge in [0.15, 0.2) is 6.10 Å². The molecule has 0 aliphatic rings. The normalized spacial score (nSPS) is 11.0. The Morgan fingerprint density at radius 2 is 2.00 bits per heavy atom. The number of carbonyl (C=O) groups excluding carboxylic acids is 3. The molecule has 1 heterocycles. The number of nitrogens with zero attached hydrogens (tertiary/aromatic N) is 1. The minimum atomic E-state index is -1.04. The third-order valence-corrected chi connectivity index (χ3v) is 4.50. The first-order chi connectivity index (χ1) is 13.5. The predicted molar refractivity (Wildman–Crippen MR) is 103 cm³/mol. The maximum atomic E-state index is 12.1. The summed E-state index contributed by atoms with van der Waals surface area (Å²) in [6.45, 7) is 1.48. The van der Waals surface area contributed by atoms with Crippen LogP contribution in [0, 0.1) is 11.3 Å². The Balaban J connectivity index is 1.78. The lowest BCUT2D eigenvalue weighted by molar-refractivity contribution is -0.153. The Labute approximate surface area is 166 Å². The summed E-state index contributed by atoms with van der Waals surface area (Å²) in [5.74, 6) is -1.11. The van der Waals surface area contributed by atoms with Crippen molar-refractivity contribution in [2.75, 3.05) is 19.0 Å². The average Bonchev–Trinajstić information content (AvgIpc) is 3.14. The molecule has 0 fully saturated rings. The van der Waals surface area contributed by atoms with E-state index in [-0.39, 0.29) is 18.9 Å². The van der Waals surface area contributed by atoms with Gasteiger partial charge in [0.05, 0.1) is 24.7 Å². The molecule has 1 aromatic carbocycles. The minimum Gasteiger partial charge on any atom is -0.496 e. The molecule has 1 aromatic heterocycles. The van der Waals surface area contributed by atoms with E-state index in [2.05, 4.69) is 10.6 Å². The van der Waals surface area contributed by atoms with E-state index in [9.17, 15) is 14.4 Å². The summed E-state index contributed by atoms with van der Waals surface area (Å²) < 4.78 is 10.2. The standard InChI is InChI=1S/C19H19N3O5S/c1-12(17(24)22-19-13(11-20)8-10-28-19)27-16(23)7-9-21-18(25)14-5-3-4-6-15(14)26-2/h3-6,8,10,12H,7,9H2,1-2H3,(H,21,25)(H,22,24)/t12-/m1/s1. The van der Waals surface area contributed by atoms with Crippen molar-refractivity contribution in [2.45, 2.75) is 19.4 Å². The molecule has 2 N–H and O–H groups in total. The van der Waals surface area contributed by atoms with Gasteiger partial charge in [0.2, 0.25) is 0 Å². The van der Waals surface area contributed by atoms with Crippen LogP contribution < -0.4 is 15.4 Å². The Bertz CT molecular complexity index is 903. The summed E-state index contributed by atoms with van der Waals surface area (Å²) >= 11 is 1.20. The number of amides is 2. The summed E-state index contributed by atoms with van der Waals surface area (Å²) in [6, 6.07) is 10.3. The van der Waals surface area contributed by atoms with E-state index in [4.69, 9.17) is 14.7 Å². The van der Waals surface area contributed by atoms with Crippen molar-refractivity contribution >= 4 is 34.1 Å². The van der Waals surface area contributed by atoms with Gasteiger partial charge in [0.25, 0.3) is 11.8 Å². The molecule has 28 heavy (non-hydrogen) atoms. The average molecular weight is 401 g/mol. The summed E-state index contributed by atoms with van der Waals surface area (Å²) in [6.07, 6.45) is -1.13. The van der Waals surface area contributed by atoms with Crippen molar-refractivity contribution in [3.63, 3.8) is 0 Å². The SMILES string of the molecule is COc1ccccc1C(=O)NCCC(=O)O[C@H](C)C(=O)Nc1sccc1C#N. The van der Waals surface area contributed by atoms with E-state index >= 15 is 0 Å². The van der Waals surface area contributed by atoms with Crippen LogP contribution >= 0.6 is 11.3 Å². The van der Waals surface area contributed by atoms with E-state index < -0.39 is 18.0 Å². The molecule has 0 unspecified atom stereocenters. The van der Waals surface area contributed by atoms with Gasteiger partial charge in [-0.05, 0) is 30.5 Å².